The van der Waals surface area contributed by atoms with Gasteiger partial charge in [0.1, 0.15) is 5.75 Å². The zero-order chi connectivity index (χ0) is 18.5. The summed E-state index contributed by atoms with van der Waals surface area (Å²) in [6.07, 6.45) is 2.55. The van der Waals surface area contributed by atoms with Gasteiger partial charge in [0.25, 0.3) is 5.91 Å². The number of nitrogens with one attached hydrogen (secondary N) is 1. The Morgan fingerprint density at radius 3 is 3.15 bits per heavy atom. The van der Waals surface area contributed by atoms with Crippen LogP contribution in [0.4, 0.5) is 5.13 Å². The number of benzene rings is 1. The van der Waals surface area contributed by atoms with E-state index in [4.69, 9.17) is 16.3 Å². The molecule has 0 spiro atoms. The molecule has 0 saturated carbocycles. The Morgan fingerprint density at radius 1 is 1.54 bits per heavy atom. The van der Waals surface area contributed by atoms with Crippen molar-refractivity contribution < 1.29 is 9.53 Å². The maximum Gasteiger partial charge on any atom is 0.264 e. The van der Waals surface area contributed by atoms with Crippen LogP contribution in [0, 0.1) is 5.92 Å². The summed E-state index contributed by atoms with van der Waals surface area (Å²) in [5.74, 6) is 1.08. The van der Waals surface area contributed by atoms with Gasteiger partial charge in [0.05, 0.1) is 10.2 Å². The van der Waals surface area contributed by atoms with Crippen molar-refractivity contribution in [3.63, 3.8) is 0 Å². The van der Waals surface area contributed by atoms with Gasteiger partial charge >= 0.3 is 0 Å². The Kier molecular flexibility index (Phi) is 6.92. The van der Waals surface area contributed by atoms with Crippen molar-refractivity contribution in [1.29, 1.82) is 0 Å². The maximum atomic E-state index is 12.1. The van der Waals surface area contributed by atoms with E-state index in [2.05, 4.69) is 38.1 Å². The first-order valence-corrected chi connectivity index (χ1v) is 10.6. The van der Waals surface area contributed by atoms with Crippen molar-refractivity contribution in [1.82, 2.24) is 9.88 Å². The highest BCUT2D eigenvalue weighted by atomic mass is 79.9. The number of carbonyl (C=O) groups is 1. The summed E-state index contributed by atoms with van der Waals surface area (Å²) in [5, 5.41) is 6.01. The summed E-state index contributed by atoms with van der Waals surface area (Å²) in [4.78, 5) is 19.0. The molecule has 1 atom stereocenters. The molecule has 5 nitrogen and oxygen atoms in total. The Bertz CT molecular complexity index is 771. The number of carbonyl (C=O) groups excluding carboxylic acids is 1. The lowest BCUT2D eigenvalue weighted by Gasteiger charge is -2.30. The van der Waals surface area contributed by atoms with Crippen molar-refractivity contribution >= 4 is 49.9 Å². The molecule has 8 heteroatoms. The predicted molar refractivity (Wildman–Crippen MR) is 109 cm³/mol. The van der Waals surface area contributed by atoms with Crippen molar-refractivity contribution in [2.75, 3.05) is 25.0 Å². The second-order valence-electron chi connectivity index (χ2n) is 6.54. The lowest BCUT2D eigenvalue weighted by Crippen LogP contribution is -2.33. The van der Waals surface area contributed by atoms with E-state index >= 15 is 0 Å². The molecule has 1 aromatic heterocycles. The fourth-order valence-electron chi connectivity index (χ4n) is 2.99. The van der Waals surface area contributed by atoms with Gasteiger partial charge in [-0.25, -0.2) is 4.98 Å². The Morgan fingerprint density at radius 2 is 2.38 bits per heavy atom. The van der Waals surface area contributed by atoms with E-state index < -0.39 is 0 Å². The highest BCUT2D eigenvalue weighted by Gasteiger charge is 2.17. The van der Waals surface area contributed by atoms with Crippen LogP contribution in [0.5, 0.6) is 5.75 Å². The van der Waals surface area contributed by atoms with Crippen molar-refractivity contribution in [2.45, 2.75) is 26.3 Å². The molecule has 1 aliphatic heterocycles. The average Bonchev–Trinajstić information content (AvgIpc) is 3.01. The summed E-state index contributed by atoms with van der Waals surface area (Å²) >= 11 is 10.7. The van der Waals surface area contributed by atoms with E-state index in [0.717, 1.165) is 31.2 Å². The van der Waals surface area contributed by atoms with Crippen LogP contribution in [0.3, 0.4) is 0 Å². The number of thiazole rings is 1. The quantitative estimate of drug-likeness (QED) is 0.675. The molecule has 0 radical (unpaired) electrons. The molecular weight excluding hydrogens is 438 g/mol. The van der Waals surface area contributed by atoms with E-state index in [-0.39, 0.29) is 12.5 Å². The molecule has 1 aliphatic rings. The predicted octanol–water partition coefficient (Wildman–Crippen LogP) is 4.81. The fourth-order valence-corrected chi connectivity index (χ4v) is 4.50. The van der Waals surface area contributed by atoms with Crippen molar-refractivity contribution in [2.24, 2.45) is 5.92 Å². The van der Waals surface area contributed by atoms with Gasteiger partial charge in [-0.05, 0) is 59.4 Å². The monoisotopic (exact) mass is 457 g/mol. The van der Waals surface area contributed by atoms with Gasteiger partial charge in [0.2, 0.25) is 0 Å². The van der Waals surface area contributed by atoms with Crippen molar-refractivity contribution in [3.8, 4) is 5.75 Å². The number of likely N-dealkylation sites (tertiary alicyclic amines) is 1. The van der Waals surface area contributed by atoms with E-state index in [0.29, 0.717) is 20.4 Å². The van der Waals surface area contributed by atoms with Crippen molar-refractivity contribution in [3.05, 3.63) is 38.8 Å². The molecular formula is C18H21BrClN3O2S. The minimum Gasteiger partial charge on any atom is -0.483 e. The molecule has 3 rings (SSSR count). The maximum absolute atomic E-state index is 12.1. The summed E-state index contributed by atoms with van der Waals surface area (Å²) in [6, 6.07) is 5.16. The number of nitrogens with zero attached hydrogens (tertiary/aromatic N) is 2. The number of piperidine rings is 1. The van der Waals surface area contributed by atoms with Crippen LogP contribution in [0.1, 0.15) is 25.5 Å². The van der Waals surface area contributed by atoms with Gasteiger partial charge in [-0.3, -0.25) is 15.0 Å². The topological polar surface area (TPSA) is 54.5 Å². The van der Waals surface area contributed by atoms with Gasteiger partial charge in [-0.2, -0.15) is 0 Å². The van der Waals surface area contributed by atoms with E-state index in [1.54, 1.807) is 18.2 Å². The first-order valence-electron chi connectivity index (χ1n) is 8.54. The standard InChI is InChI=1S/C18H21BrClN3O2S/c1-12-3-2-6-23(8-12)9-14-11-26-18(21-14)22-17(24)10-25-16-5-4-13(20)7-15(16)19/h4-5,7,11-12H,2-3,6,8-10H2,1H3,(H,21,22,24). The molecule has 1 aromatic carbocycles. The number of anilines is 1. The number of hydrogen-bond acceptors (Lipinski definition) is 5. The molecule has 2 aromatic rings. The molecule has 1 fully saturated rings. The van der Waals surface area contributed by atoms with Gasteiger partial charge in [-0.15, -0.1) is 11.3 Å². The number of halogens is 2. The summed E-state index contributed by atoms with van der Waals surface area (Å²) in [5.41, 5.74) is 1.00. The summed E-state index contributed by atoms with van der Waals surface area (Å²) in [6.45, 7) is 5.28. The largest absolute Gasteiger partial charge is 0.483 e. The lowest BCUT2D eigenvalue weighted by molar-refractivity contribution is -0.118. The number of rotatable bonds is 6. The van der Waals surface area contributed by atoms with Crippen LogP contribution in [0.15, 0.2) is 28.1 Å². The van der Waals surface area contributed by atoms with Crippen LogP contribution in [0.2, 0.25) is 5.02 Å². The second-order valence-corrected chi connectivity index (χ2v) is 8.69. The van der Waals surface area contributed by atoms with Crippen LogP contribution in [-0.4, -0.2) is 35.5 Å². The number of ether oxygens (including phenoxy) is 1. The first-order chi connectivity index (χ1) is 12.5. The minimum atomic E-state index is -0.237. The third-order valence-electron chi connectivity index (χ3n) is 4.18. The Hall–Kier alpha value is -1.15. The molecule has 140 valence electrons. The summed E-state index contributed by atoms with van der Waals surface area (Å²) < 4.78 is 6.23. The SMILES string of the molecule is CC1CCCN(Cc2csc(NC(=O)COc3ccc(Cl)cc3Br)n2)C1. The third-order valence-corrected chi connectivity index (χ3v) is 5.84. The highest BCUT2D eigenvalue weighted by Crippen LogP contribution is 2.28. The van der Waals surface area contributed by atoms with Crippen LogP contribution < -0.4 is 10.1 Å². The molecule has 1 amide bonds. The Labute approximate surface area is 170 Å². The molecule has 1 N–H and O–H groups in total. The molecule has 2 heterocycles. The Balaban J connectivity index is 1.48. The zero-order valence-electron chi connectivity index (χ0n) is 14.5. The zero-order valence-corrected chi connectivity index (χ0v) is 17.7. The van der Waals surface area contributed by atoms with Crippen LogP contribution in [-0.2, 0) is 11.3 Å². The van der Waals surface area contributed by atoms with Gasteiger partial charge < -0.3 is 4.74 Å². The lowest BCUT2D eigenvalue weighted by atomic mass is 10.0. The summed E-state index contributed by atoms with van der Waals surface area (Å²) in [7, 11) is 0. The first kappa shape index (κ1) is 19.6. The third kappa shape index (κ3) is 5.67. The fraction of sp³-hybridized carbons (Fsp3) is 0.444. The number of hydrogen-bond donors (Lipinski definition) is 1. The smallest absolute Gasteiger partial charge is 0.264 e. The van der Waals surface area contributed by atoms with Crippen LogP contribution in [0.25, 0.3) is 0 Å². The molecule has 1 unspecified atom stereocenters. The van der Waals surface area contributed by atoms with Crippen LogP contribution >= 0.6 is 38.9 Å². The molecule has 0 aliphatic carbocycles. The highest BCUT2D eigenvalue weighted by molar-refractivity contribution is 9.10. The second kappa shape index (κ2) is 9.17. The molecule has 0 bridgehead atoms. The molecule has 1 saturated heterocycles. The number of aromatic nitrogens is 1. The van der Waals surface area contributed by atoms with E-state index in [1.165, 1.54) is 24.2 Å². The van der Waals surface area contributed by atoms with E-state index in [9.17, 15) is 4.79 Å². The molecule has 26 heavy (non-hydrogen) atoms. The normalized spacial score (nSPS) is 17.9. The van der Waals surface area contributed by atoms with Gasteiger partial charge in [0, 0.05) is 23.5 Å². The van der Waals surface area contributed by atoms with Gasteiger partial charge in [-0.1, -0.05) is 18.5 Å². The average molecular weight is 459 g/mol. The number of amides is 1. The van der Waals surface area contributed by atoms with E-state index in [1.807, 2.05) is 5.38 Å². The van der Waals surface area contributed by atoms with Gasteiger partial charge in [0.15, 0.2) is 11.7 Å². The minimum absolute atomic E-state index is 0.0845.